The highest BCUT2D eigenvalue weighted by atomic mass is 35.5. The molecule has 0 bridgehead atoms. The van der Waals surface area contributed by atoms with Crippen LogP contribution in [0.2, 0.25) is 0 Å². The zero-order valence-electron chi connectivity index (χ0n) is 3.16. The molecule has 0 amide bonds. The van der Waals surface area contributed by atoms with E-state index in [1.54, 1.807) is 0 Å². The summed E-state index contributed by atoms with van der Waals surface area (Å²) >= 11 is 5.16. The van der Waals surface area contributed by atoms with E-state index >= 15 is 0 Å². The molecule has 0 rings (SSSR count). The lowest BCUT2D eigenvalue weighted by molar-refractivity contribution is 1.20. The molecular formula is C4H6Cl. The zero-order chi connectivity index (χ0) is 4.28. The van der Waals surface area contributed by atoms with Gasteiger partial charge in [-0.05, 0) is 13.0 Å². The molecule has 0 saturated heterocycles. The quantitative estimate of drug-likeness (QED) is 0.461. The first-order valence-corrected chi connectivity index (χ1v) is 1.92. The van der Waals surface area contributed by atoms with Gasteiger partial charge < -0.3 is 0 Å². The summed E-state index contributed by atoms with van der Waals surface area (Å²) in [6, 6.07) is 0. The fourth-order valence-corrected chi connectivity index (χ4v) is 0. The van der Waals surface area contributed by atoms with Crippen LogP contribution in [0.4, 0.5) is 0 Å². The average molecular weight is 89.5 g/mol. The van der Waals surface area contributed by atoms with E-state index in [0.29, 0.717) is 5.03 Å². The van der Waals surface area contributed by atoms with Gasteiger partial charge in [0.05, 0.1) is 0 Å². The van der Waals surface area contributed by atoms with Crippen LogP contribution in [0.25, 0.3) is 0 Å². The minimum Gasteiger partial charge on any atom is -0.0892 e. The summed E-state index contributed by atoms with van der Waals surface area (Å²) < 4.78 is 0. The third-order valence-electron chi connectivity index (χ3n) is 0.338. The second-order valence-electron chi connectivity index (χ2n) is 0.800. The van der Waals surface area contributed by atoms with Crippen molar-refractivity contribution >= 4 is 11.6 Å². The maximum Gasteiger partial charge on any atom is 0.0178 e. The van der Waals surface area contributed by atoms with Gasteiger partial charge in [-0.2, -0.15) is 0 Å². The van der Waals surface area contributed by atoms with Crippen molar-refractivity contribution in [1.29, 1.82) is 0 Å². The minimum atomic E-state index is 0.477. The van der Waals surface area contributed by atoms with E-state index in [0.717, 1.165) is 6.42 Å². The van der Waals surface area contributed by atoms with Crippen molar-refractivity contribution in [3.8, 4) is 0 Å². The largest absolute Gasteiger partial charge is 0.0892 e. The summed E-state index contributed by atoms with van der Waals surface area (Å²) in [5, 5.41) is 0.477. The Hall–Kier alpha value is 0.0300. The topological polar surface area (TPSA) is 0 Å². The van der Waals surface area contributed by atoms with Gasteiger partial charge in [0, 0.05) is 5.03 Å². The number of rotatable bonds is 1. The Morgan fingerprint density at radius 3 is 2.20 bits per heavy atom. The summed E-state index contributed by atoms with van der Waals surface area (Å²) in [7, 11) is 0. The van der Waals surface area contributed by atoms with Crippen molar-refractivity contribution < 1.29 is 0 Å². The lowest BCUT2D eigenvalue weighted by atomic mass is 10.5. The highest BCUT2D eigenvalue weighted by Gasteiger charge is 1.71. The van der Waals surface area contributed by atoms with Gasteiger partial charge in [-0.3, -0.25) is 0 Å². The van der Waals surface area contributed by atoms with Crippen molar-refractivity contribution in [3.05, 3.63) is 11.6 Å². The van der Waals surface area contributed by atoms with Gasteiger partial charge in [-0.1, -0.05) is 18.5 Å². The van der Waals surface area contributed by atoms with E-state index in [1.165, 1.54) is 0 Å². The van der Waals surface area contributed by atoms with Gasteiger partial charge >= 0.3 is 0 Å². The Labute approximate surface area is 37.4 Å². The number of allylic oxidation sites excluding steroid dienone is 1. The van der Waals surface area contributed by atoms with Crippen LogP contribution >= 0.6 is 11.6 Å². The molecule has 1 heteroatoms. The molecule has 0 aliphatic rings. The molecule has 0 aliphatic carbocycles. The van der Waals surface area contributed by atoms with E-state index in [1.807, 2.05) is 6.92 Å². The number of hydrogen-bond donors (Lipinski definition) is 0. The summed E-state index contributed by atoms with van der Waals surface area (Å²) in [5.41, 5.74) is 0. The van der Waals surface area contributed by atoms with Crippen LogP contribution < -0.4 is 0 Å². The molecule has 0 aromatic heterocycles. The predicted molar refractivity (Wildman–Crippen MR) is 24.0 cm³/mol. The highest BCUT2D eigenvalue weighted by Crippen LogP contribution is 1.98. The molecule has 0 spiro atoms. The molecule has 0 unspecified atom stereocenters. The summed E-state index contributed by atoms with van der Waals surface area (Å²) in [5.74, 6) is 0. The smallest absolute Gasteiger partial charge is 0.0178 e. The molecule has 0 aliphatic heterocycles. The molecule has 0 nitrogen and oxygen atoms in total. The predicted octanol–water partition coefficient (Wildman–Crippen LogP) is 1.95. The molecule has 0 aromatic rings. The van der Waals surface area contributed by atoms with Crippen LogP contribution in [0.15, 0.2) is 5.03 Å². The molecule has 0 heterocycles. The Morgan fingerprint density at radius 1 is 2.00 bits per heavy atom. The van der Waals surface area contributed by atoms with Crippen LogP contribution in [0.1, 0.15) is 13.3 Å². The second kappa shape index (κ2) is 2.28. The molecule has 0 atom stereocenters. The van der Waals surface area contributed by atoms with E-state index in [4.69, 9.17) is 18.2 Å². The third-order valence-corrected chi connectivity index (χ3v) is 0.605. The highest BCUT2D eigenvalue weighted by molar-refractivity contribution is 6.28. The van der Waals surface area contributed by atoms with Crippen LogP contribution in [0.3, 0.4) is 0 Å². The molecular weight excluding hydrogens is 83.5 g/mol. The van der Waals surface area contributed by atoms with E-state index in [-0.39, 0.29) is 0 Å². The minimum absolute atomic E-state index is 0.477. The first-order chi connectivity index (χ1) is 2.27. The molecule has 5 heavy (non-hydrogen) atoms. The number of hydrogen-bond acceptors (Lipinski definition) is 0. The normalized spacial score (nSPS) is 7.60. The first kappa shape index (κ1) is 5.03. The Kier molecular flexibility index (Phi) is 2.29. The van der Waals surface area contributed by atoms with E-state index in [9.17, 15) is 0 Å². The second-order valence-corrected chi connectivity index (χ2v) is 1.29. The fourth-order valence-electron chi connectivity index (χ4n) is 0. The van der Waals surface area contributed by atoms with E-state index < -0.39 is 0 Å². The van der Waals surface area contributed by atoms with Gasteiger partial charge in [0.25, 0.3) is 0 Å². The summed E-state index contributed by atoms with van der Waals surface area (Å²) in [4.78, 5) is 0. The van der Waals surface area contributed by atoms with Gasteiger partial charge in [0.2, 0.25) is 0 Å². The standard InChI is InChI=1S/C4H6Cl/c1-3-4(2)5/h2H,3H2,1H3. The zero-order valence-corrected chi connectivity index (χ0v) is 3.92. The maximum atomic E-state index is 5.16. The van der Waals surface area contributed by atoms with Crippen molar-refractivity contribution in [3.63, 3.8) is 0 Å². The Morgan fingerprint density at radius 2 is 2.20 bits per heavy atom. The molecule has 29 valence electrons. The molecule has 0 fully saturated rings. The Bertz CT molecular complexity index is 38.9. The van der Waals surface area contributed by atoms with Crippen molar-refractivity contribution in [2.75, 3.05) is 0 Å². The van der Waals surface area contributed by atoms with Gasteiger partial charge in [-0.15, -0.1) is 0 Å². The molecule has 1 radical (unpaired) electrons. The van der Waals surface area contributed by atoms with Crippen LogP contribution in [0.5, 0.6) is 0 Å². The third kappa shape index (κ3) is 4.03. The van der Waals surface area contributed by atoms with Gasteiger partial charge in [0.15, 0.2) is 0 Å². The SMILES string of the molecule is [CH]=C(Cl)CC. The van der Waals surface area contributed by atoms with Crippen LogP contribution in [0, 0.1) is 6.58 Å². The lowest BCUT2D eigenvalue weighted by Gasteiger charge is -1.75. The number of halogens is 1. The first-order valence-electron chi connectivity index (χ1n) is 1.54. The summed E-state index contributed by atoms with van der Waals surface area (Å²) in [6.07, 6.45) is 0.765. The van der Waals surface area contributed by atoms with Crippen LogP contribution in [-0.4, -0.2) is 0 Å². The fraction of sp³-hybridized carbons (Fsp3) is 0.500. The summed E-state index contributed by atoms with van der Waals surface area (Å²) in [6.45, 7) is 6.88. The maximum absolute atomic E-state index is 5.16. The van der Waals surface area contributed by atoms with Gasteiger partial charge in [-0.25, -0.2) is 0 Å². The van der Waals surface area contributed by atoms with E-state index in [2.05, 4.69) is 0 Å². The van der Waals surface area contributed by atoms with Crippen LogP contribution in [-0.2, 0) is 0 Å². The lowest BCUT2D eigenvalue weighted by Crippen LogP contribution is -1.53. The Balaban J connectivity index is 2.85. The average Bonchev–Trinajstić information content (AvgIpc) is 1.38. The molecule has 0 aromatic carbocycles. The molecule has 0 saturated carbocycles. The monoisotopic (exact) mass is 89.0 g/mol. The van der Waals surface area contributed by atoms with Gasteiger partial charge in [0.1, 0.15) is 0 Å². The van der Waals surface area contributed by atoms with Crippen molar-refractivity contribution in [2.45, 2.75) is 13.3 Å². The molecule has 0 N–H and O–H groups in total. The van der Waals surface area contributed by atoms with Crippen molar-refractivity contribution in [1.82, 2.24) is 0 Å². The van der Waals surface area contributed by atoms with Crippen molar-refractivity contribution in [2.24, 2.45) is 0 Å².